The van der Waals surface area contributed by atoms with Gasteiger partial charge in [0.2, 0.25) is 0 Å². The minimum atomic E-state index is -0.294. The minimum absolute atomic E-state index is 0.201. The highest BCUT2D eigenvalue weighted by atomic mass is 19.1. The van der Waals surface area contributed by atoms with E-state index in [-0.39, 0.29) is 17.8 Å². The topological polar surface area (TPSA) is 46.9 Å². The van der Waals surface area contributed by atoms with Crippen molar-refractivity contribution in [3.63, 3.8) is 0 Å². The van der Waals surface area contributed by atoms with Gasteiger partial charge in [-0.05, 0) is 50.6 Å². The van der Waals surface area contributed by atoms with Crippen LogP contribution in [0.25, 0.3) is 5.69 Å². The predicted molar refractivity (Wildman–Crippen MR) is 95.3 cm³/mol. The first kappa shape index (κ1) is 16.9. The van der Waals surface area contributed by atoms with Gasteiger partial charge in [-0.15, -0.1) is 0 Å². The molecule has 0 bridgehead atoms. The molecule has 1 amide bonds. The van der Waals surface area contributed by atoms with Crippen LogP contribution >= 0.6 is 0 Å². The van der Waals surface area contributed by atoms with Gasteiger partial charge < -0.3 is 5.32 Å². The summed E-state index contributed by atoms with van der Waals surface area (Å²) in [5, 5.41) is 7.27. The van der Waals surface area contributed by atoms with Crippen molar-refractivity contribution in [1.82, 2.24) is 15.1 Å². The number of halogens is 1. The maximum atomic E-state index is 13.0. The second-order valence-corrected chi connectivity index (χ2v) is 6.14. The molecular weight excluding hydrogens is 317 g/mol. The van der Waals surface area contributed by atoms with Crippen LogP contribution < -0.4 is 5.32 Å². The van der Waals surface area contributed by atoms with E-state index in [1.54, 1.807) is 23.0 Å². The maximum Gasteiger partial charge on any atom is 0.255 e. The Morgan fingerprint density at radius 2 is 1.72 bits per heavy atom. The average molecular weight is 337 g/mol. The Balaban J connectivity index is 1.79. The van der Waals surface area contributed by atoms with Crippen molar-refractivity contribution < 1.29 is 9.18 Å². The summed E-state index contributed by atoms with van der Waals surface area (Å²) in [4.78, 5) is 12.6. The largest absolute Gasteiger partial charge is 0.345 e. The highest BCUT2D eigenvalue weighted by molar-refractivity contribution is 5.95. The molecule has 3 rings (SSSR count). The summed E-state index contributed by atoms with van der Waals surface area (Å²) >= 11 is 0. The summed E-state index contributed by atoms with van der Waals surface area (Å²) in [6.45, 7) is 5.75. The SMILES string of the molecule is Cc1ccc(-n2ncc(C(=O)NC(C)c3ccc(F)cc3)c2C)cc1. The Hall–Kier alpha value is -2.95. The highest BCUT2D eigenvalue weighted by Gasteiger charge is 2.17. The summed E-state index contributed by atoms with van der Waals surface area (Å²) in [5.74, 6) is -0.495. The number of aromatic nitrogens is 2. The van der Waals surface area contributed by atoms with Gasteiger partial charge in [0.25, 0.3) is 5.91 Å². The van der Waals surface area contributed by atoms with Gasteiger partial charge in [-0.3, -0.25) is 4.79 Å². The van der Waals surface area contributed by atoms with Gasteiger partial charge in [0.15, 0.2) is 0 Å². The number of amides is 1. The third-order valence-electron chi connectivity index (χ3n) is 4.25. The molecule has 0 saturated carbocycles. The molecule has 4 nitrogen and oxygen atoms in total. The predicted octanol–water partition coefficient (Wildman–Crippen LogP) is 4.12. The van der Waals surface area contributed by atoms with Crippen molar-refractivity contribution in [2.75, 3.05) is 0 Å². The van der Waals surface area contributed by atoms with Crippen molar-refractivity contribution in [3.8, 4) is 5.69 Å². The van der Waals surface area contributed by atoms with E-state index in [1.807, 2.05) is 45.0 Å². The Labute approximate surface area is 146 Å². The molecule has 0 radical (unpaired) electrons. The van der Waals surface area contributed by atoms with Gasteiger partial charge in [0.05, 0.1) is 29.2 Å². The van der Waals surface area contributed by atoms with Crippen LogP contribution in [0.3, 0.4) is 0 Å². The number of benzene rings is 2. The summed E-state index contributed by atoms with van der Waals surface area (Å²) < 4.78 is 14.8. The zero-order chi connectivity index (χ0) is 18.0. The van der Waals surface area contributed by atoms with E-state index in [2.05, 4.69) is 10.4 Å². The monoisotopic (exact) mass is 337 g/mol. The molecule has 0 saturated heterocycles. The van der Waals surface area contributed by atoms with E-state index in [0.29, 0.717) is 5.56 Å². The zero-order valence-electron chi connectivity index (χ0n) is 14.5. The van der Waals surface area contributed by atoms with E-state index in [1.165, 1.54) is 17.7 Å². The van der Waals surface area contributed by atoms with Gasteiger partial charge >= 0.3 is 0 Å². The van der Waals surface area contributed by atoms with E-state index < -0.39 is 0 Å². The Bertz CT molecular complexity index is 882. The molecule has 5 heteroatoms. The van der Waals surface area contributed by atoms with E-state index in [9.17, 15) is 9.18 Å². The molecular formula is C20H20FN3O. The Morgan fingerprint density at radius 3 is 2.36 bits per heavy atom. The molecule has 0 aliphatic rings. The van der Waals surface area contributed by atoms with Crippen molar-refractivity contribution in [2.24, 2.45) is 0 Å². The van der Waals surface area contributed by atoms with E-state index >= 15 is 0 Å². The molecule has 128 valence electrons. The van der Waals surface area contributed by atoms with Crippen LogP contribution in [0.2, 0.25) is 0 Å². The van der Waals surface area contributed by atoms with E-state index in [0.717, 1.165) is 16.9 Å². The number of rotatable bonds is 4. The van der Waals surface area contributed by atoms with Crippen molar-refractivity contribution in [1.29, 1.82) is 0 Å². The van der Waals surface area contributed by atoms with Crippen LogP contribution in [-0.4, -0.2) is 15.7 Å². The number of carbonyl (C=O) groups is 1. The molecule has 1 unspecified atom stereocenters. The van der Waals surface area contributed by atoms with Crippen LogP contribution in [0.1, 0.15) is 40.1 Å². The van der Waals surface area contributed by atoms with Crippen LogP contribution in [0.5, 0.6) is 0 Å². The lowest BCUT2D eigenvalue weighted by atomic mass is 10.1. The first-order valence-electron chi connectivity index (χ1n) is 8.13. The van der Waals surface area contributed by atoms with Gasteiger partial charge in [-0.25, -0.2) is 9.07 Å². The zero-order valence-corrected chi connectivity index (χ0v) is 14.5. The fraction of sp³-hybridized carbons (Fsp3) is 0.200. The molecule has 0 spiro atoms. The quantitative estimate of drug-likeness (QED) is 0.778. The molecule has 0 aliphatic heterocycles. The lowest BCUT2D eigenvalue weighted by Crippen LogP contribution is -2.27. The van der Waals surface area contributed by atoms with Gasteiger partial charge in [0, 0.05) is 0 Å². The van der Waals surface area contributed by atoms with Gasteiger partial charge in [-0.2, -0.15) is 5.10 Å². The molecule has 0 aliphatic carbocycles. The normalized spacial score (nSPS) is 12.0. The lowest BCUT2D eigenvalue weighted by molar-refractivity contribution is 0.0939. The second-order valence-electron chi connectivity index (χ2n) is 6.14. The number of nitrogens with zero attached hydrogens (tertiary/aromatic N) is 2. The van der Waals surface area contributed by atoms with Gasteiger partial charge in [-0.1, -0.05) is 29.8 Å². The first-order valence-corrected chi connectivity index (χ1v) is 8.13. The first-order chi connectivity index (χ1) is 12.0. The minimum Gasteiger partial charge on any atom is -0.345 e. The smallest absolute Gasteiger partial charge is 0.255 e. The molecule has 25 heavy (non-hydrogen) atoms. The standard InChI is InChI=1S/C20H20FN3O/c1-13-4-10-18(11-5-13)24-15(3)19(12-22-24)20(25)23-14(2)16-6-8-17(21)9-7-16/h4-12,14H,1-3H3,(H,23,25). The number of nitrogens with one attached hydrogen (secondary N) is 1. The Morgan fingerprint density at radius 1 is 1.08 bits per heavy atom. The number of aryl methyl sites for hydroxylation is 1. The fourth-order valence-corrected chi connectivity index (χ4v) is 2.69. The van der Waals surface area contributed by atoms with E-state index in [4.69, 9.17) is 0 Å². The van der Waals surface area contributed by atoms with Crippen LogP contribution in [-0.2, 0) is 0 Å². The van der Waals surface area contributed by atoms with Crippen molar-refractivity contribution >= 4 is 5.91 Å². The molecule has 1 N–H and O–H groups in total. The maximum absolute atomic E-state index is 13.0. The highest BCUT2D eigenvalue weighted by Crippen LogP contribution is 2.17. The summed E-state index contributed by atoms with van der Waals surface area (Å²) in [7, 11) is 0. The Kier molecular flexibility index (Phi) is 4.65. The summed E-state index contributed by atoms with van der Waals surface area (Å²) in [5.41, 5.74) is 4.22. The molecule has 0 fully saturated rings. The molecule has 1 heterocycles. The molecule has 1 atom stereocenters. The molecule has 2 aromatic carbocycles. The van der Waals surface area contributed by atoms with Crippen molar-refractivity contribution in [3.05, 3.63) is 82.9 Å². The van der Waals surface area contributed by atoms with Crippen LogP contribution in [0.15, 0.2) is 54.7 Å². The average Bonchev–Trinajstić information content (AvgIpc) is 2.98. The van der Waals surface area contributed by atoms with Crippen LogP contribution in [0, 0.1) is 19.7 Å². The third-order valence-corrected chi connectivity index (χ3v) is 4.25. The van der Waals surface area contributed by atoms with Gasteiger partial charge in [0.1, 0.15) is 5.82 Å². The molecule has 1 aromatic heterocycles. The number of hydrogen-bond acceptors (Lipinski definition) is 2. The number of hydrogen-bond donors (Lipinski definition) is 1. The fourth-order valence-electron chi connectivity index (χ4n) is 2.69. The number of carbonyl (C=O) groups excluding carboxylic acids is 1. The summed E-state index contributed by atoms with van der Waals surface area (Å²) in [6.07, 6.45) is 1.57. The van der Waals surface area contributed by atoms with Crippen LogP contribution in [0.4, 0.5) is 4.39 Å². The van der Waals surface area contributed by atoms with Crippen molar-refractivity contribution in [2.45, 2.75) is 26.8 Å². The molecule has 3 aromatic rings. The summed E-state index contributed by atoms with van der Waals surface area (Å²) in [6, 6.07) is 13.8. The lowest BCUT2D eigenvalue weighted by Gasteiger charge is -2.14. The third kappa shape index (κ3) is 3.60. The second kappa shape index (κ2) is 6.89.